The summed E-state index contributed by atoms with van der Waals surface area (Å²) in [7, 11) is 0.0681. The molecule has 0 radical (unpaired) electrons. The molecule has 1 fully saturated rings. The summed E-state index contributed by atoms with van der Waals surface area (Å²) in [6, 6.07) is 11.9. The number of halogens is 2. The van der Waals surface area contributed by atoms with Gasteiger partial charge in [-0.3, -0.25) is 0 Å². The molecule has 1 heterocycles. The molecule has 0 saturated heterocycles. The molecule has 1 aliphatic carbocycles. The Morgan fingerprint density at radius 1 is 1.03 bits per heavy atom. The van der Waals surface area contributed by atoms with E-state index in [9.17, 15) is 12.8 Å². The van der Waals surface area contributed by atoms with Crippen LogP contribution in [0.15, 0.2) is 51.8 Å². The van der Waals surface area contributed by atoms with Crippen LogP contribution in [0.4, 0.5) is 16.2 Å². The third-order valence-electron chi connectivity index (χ3n) is 6.27. The zero-order valence-electron chi connectivity index (χ0n) is 19.3. The van der Waals surface area contributed by atoms with E-state index in [0.717, 1.165) is 55.0 Å². The monoisotopic (exact) mass is 549 g/mol. The number of nitrogens with one attached hydrogen (secondary N) is 2. The molecule has 0 unspecified atom stereocenters. The minimum atomic E-state index is -3.87. The minimum Gasteiger partial charge on any atom is -0.362 e. The molecular formula is C24H29BrFN5O2S. The standard InChI is InChI=1S/C24H29BrFN5O2S/c1-31(2)23-19-5-3-4-6-21(19)29-24(30-23)27-14-16-7-9-17(10-8-16)15-28-34(32,33)22-12-11-18(25)13-20(22)26/h3-6,11-13,16-17,28H,7-10,14-15H2,1-2H3,(H,27,29,30). The number of fused-ring (bicyclic) bond motifs is 1. The summed E-state index contributed by atoms with van der Waals surface area (Å²) in [5, 5.41) is 4.42. The zero-order chi connectivity index (χ0) is 24.3. The Labute approximate surface area is 208 Å². The second-order valence-electron chi connectivity index (χ2n) is 8.98. The molecule has 1 aliphatic rings. The van der Waals surface area contributed by atoms with Gasteiger partial charge in [0.2, 0.25) is 16.0 Å². The van der Waals surface area contributed by atoms with Gasteiger partial charge in [-0.25, -0.2) is 22.5 Å². The molecule has 1 aromatic heterocycles. The second-order valence-corrected chi connectivity index (χ2v) is 11.6. The van der Waals surface area contributed by atoms with E-state index in [1.54, 1.807) is 0 Å². The van der Waals surface area contributed by atoms with E-state index in [4.69, 9.17) is 4.98 Å². The number of hydrogen-bond donors (Lipinski definition) is 2. The highest BCUT2D eigenvalue weighted by atomic mass is 79.9. The molecule has 2 N–H and O–H groups in total. The lowest BCUT2D eigenvalue weighted by molar-refractivity contribution is 0.284. The van der Waals surface area contributed by atoms with Crippen LogP contribution in [0.5, 0.6) is 0 Å². The lowest BCUT2D eigenvalue weighted by atomic mass is 9.82. The minimum absolute atomic E-state index is 0.238. The summed E-state index contributed by atoms with van der Waals surface area (Å²) < 4.78 is 42.2. The number of benzene rings is 2. The molecule has 1 saturated carbocycles. The average molecular weight is 550 g/mol. The van der Waals surface area contributed by atoms with Crippen LogP contribution in [0.1, 0.15) is 25.7 Å². The Morgan fingerprint density at radius 2 is 1.71 bits per heavy atom. The highest BCUT2D eigenvalue weighted by Gasteiger charge is 2.25. The van der Waals surface area contributed by atoms with Gasteiger partial charge in [0.15, 0.2) is 0 Å². The van der Waals surface area contributed by atoms with Gasteiger partial charge in [-0.15, -0.1) is 0 Å². The summed E-state index contributed by atoms with van der Waals surface area (Å²) >= 11 is 3.15. The van der Waals surface area contributed by atoms with Crippen molar-refractivity contribution in [1.29, 1.82) is 0 Å². The van der Waals surface area contributed by atoms with E-state index in [1.165, 1.54) is 12.1 Å². The van der Waals surface area contributed by atoms with Crippen LogP contribution in [-0.2, 0) is 10.0 Å². The maximum absolute atomic E-state index is 14.1. The Balaban J connectivity index is 1.29. The van der Waals surface area contributed by atoms with Crippen molar-refractivity contribution in [1.82, 2.24) is 14.7 Å². The van der Waals surface area contributed by atoms with Crippen molar-refractivity contribution < 1.29 is 12.8 Å². The molecule has 34 heavy (non-hydrogen) atoms. The number of anilines is 2. The fourth-order valence-corrected chi connectivity index (χ4v) is 5.86. The van der Waals surface area contributed by atoms with E-state index in [0.29, 0.717) is 22.9 Å². The maximum atomic E-state index is 14.1. The van der Waals surface area contributed by atoms with Crippen molar-refractivity contribution >= 4 is 48.6 Å². The fraction of sp³-hybridized carbons (Fsp3) is 0.417. The van der Waals surface area contributed by atoms with Gasteiger partial charge in [0, 0.05) is 37.0 Å². The number of sulfonamides is 1. The highest BCUT2D eigenvalue weighted by molar-refractivity contribution is 9.10. The molecule has 3 aromatic rings. The molecular weight excluding hydrogens is 521 g/mol. The SMILES string of the molecule is CN(C)c1nc(NCC2CCC(CNS(=O)(=O)c3ccc(Br)cc3F)CC2)nc2ccccc12. The molecule has 10 heteroatoms. The van der Waals surface area contributed by atoms with Crippen LogP contribution in [0.25, 0.3) is 10.9 Å². The first-order valence-corrected chi connectivity index (χ1v) is 13.6. The van der Waals surface area contributed by atoms with Crippen molar-refractivity contribution in [3.8, 4) is 0 Å². The zero-order valence-corrected chi connectivity index (χ0v) is 21.7. The number of nitrogens with zero attached hydrogens (tertiary/aromatic N) is 3. The summed E-state index contributed by atoms with van der Waals surface area (Å²) in [6.07, 6.45) is 3.80. The van der Waals surface area contributed by atoms with Crippen molar-refractivity contribution in [2.24, 2.45) is 11.8 Å². The maximum Gasteiger partial charge on any atom is 0.243 e. The highest BCUT2D eigenvalue weighted by Crippen LogP contribution is 2.30. The van der Waals surface area contributed by atoms with Crippen LogP contribution in [0.2, 0.25) is 0 Å². The average Bonchev–Trinajstić information content (AvgIpc) is 2.81. The van der Waals surface area contributed by atoms with Crippen LogP contribution in [0, 0.1) is 17.7 Å². The van der Waals surface area contributed by atoms with Gasteiger partial charge in [-0.2, -0.15) is 4.98 Å². The summed E-state index contributed by atoms with van der Waals surface area (Å²) in [5.41, 5.74) is 0.905. The largest absolute Gasteiger partial charge is 0.362 e. The van der Waals surface area contributed by atoms with Crippen LogP contribution in [0.3, 0.4) is 0 Å². The van der Waals surface area contributed by atoms with Gasteiger partial charge in [0.25, 0.3) is 0 Å². The topological polar surface area (TPSA) is 87.2 Å². The number of para-hydroxylation sites is 1. The van der Waals surface area contributed by atoms with Gasteiger partial charge >= 0.3 is 0 Å². The van der Waals surface area contributed by atoms with Gasteiger partial charge in [-0.05, 0) is 67.9 Å². The normalized spacial score (nSPS) is 18.7. The lowest BCUT2D eigenvalue weighted by Crippen LogP contribution is -2.32. The van der Waals surface area contributed by atoms with E-state index in [1.807, 2.05) is 43.3 Å². The predicted octanol–water partition coefficient (Wildman–Crippen LogP) is 4.79. The Hall–Kier alpha value is -2.30. The molecule has 0 atom stereocenters. The second kappa shape index (κ2) is 10.5. The Morgan fingerprint density at radius 3 is 2.38 bits per heavy atom. The smallest absolute Gasteiger partial charge is 0.243 e. The van der Waals surface area contributed by atoms with Crippen molar-refractivity contribution in [2.45, 2.75) is 30.6 Å². The van der Waals surface area contributed by atoms with Crippen LogP contribution in [-0.4, -0.2) is 45.6 Å². The van der Waals surface area contributed by atoms with Gasteiger partial charge in [0.05, 0.1) is 5.52 Å². The van der Waals surface area contributed by atoms with E-state index < -0.39 is 15.8 Å². The quantitative estimate of drug-likeness (QED) is 0.420. The van der Waals surface area contributed by atoms with Crippen LogP contribution < -0.4 is 14.9 Å². The number of aromatic nitrogens is 2. The molecule has 7 nitrogen and oxygen atoms in total. The summed E-state index contributed by atoms with van der Waals surface area (Å²) in [6.45, 7) is 1.09. The third-order valence-corrected chi connectivity index (χ3v) is 8.22. The first-order chi connectivity index (χ1) is 16.2. The van der Waals surface area contributed by atoms with E-state index in [2.05, 4.69) is 31.0 Å². The van der Waals surface area contributed by atoms with Crippen molar-refractivity contribution in [2.75, 3.05) is 37.4 Å². The molecule has 0 aliphatic heterocycles. The van der Waals surface area contributed by atoms with Gasteiger partial charge in [0.1, 0.15) is 16.5 Å². The lowest BCUT2D eigenvalue weighted by Gasteiger charge is -2.28. The first kappa shape index (κ1) is 24.8. The number of rotatable bonds is 8. The molecule has 0 bridgehead atoms. The summed E-state index contributed by atoms with van der Waals surface area (Å²) in [5.74, 6) is 1.45. The molecule has 4 rings (SSSR count). The fourth-order valence-electron chi connectivity index (χ4n) is 4.35. The predicted molar refractivity (Wildman–Crippen MR) is 137 cm³/mol. The molecule has 182 valence electrons. The Kier molecular flexibility index (Phi) is 7.69. The van der Waals surface area contributed by atoms with Crippen molar-refractivity contribution in [3.05, 3.63) is 52.8 Å². The van der Waals surface area contributed by atoms with Crippen molar-refractivity contribution in [3.63, 3.8) is 0 Å². The van der Waals surface area contributed by atoms with E-state index >= 15 is 0 Å². The molecule has 0 amide bonds. The third kappa shape index (κ3) is 5.84. The summed E-state index contributed by atoms with van der Waals surface area (Å²) in [4.78, 5) is 11.0. The first-order valence-electron chi connectivity index (χ1n) is 11.4. The van der Waals surface area contributed by atoms with Gasteiger partial charge in [-0.1, -0.05) is 28.1 Å². The molecule has 2 aromatic carbocycles. The number of hydrogen-bond acceptors (Lipinski definition) is 6. The Bertz CT molecular complexity index is 1260. The van der Waals surface area contributed by atoms with Crippen LogP contribution >= 0.6 is 15.9 Å². The van der Waals surface area contributed by atoms with E-state index in [-0.39, 0.29) is 10.8 Å². The van der Waals surface area contributed by atoms with Gasteiger partial charge < -0.3 is 10.2 Å². The molecule has 0 spiro atoms.